The molecule has 5 heteroatoms. The Morgan fingerprint density at radius 2 is 1.28 bits per heavy atom. The van der Waals surface area contributed by atoms with E-state index in [0.717, 1.165) is 49.8 Å². The molecule has 7 aromatic carbocycles. The van der Waals surface area contributed by atoms with Gasteiger partial charge in [0.1, 0.15) is 28.2 Å². The quantitative estimate of drug-likeness (QED) is 0.170. The van der Waals surface area contributed by atoms with E-state index in [0.29, 0.717) is 61.1 Å². The summed E-state index contributed by atoms with van der Waals surface area (Å²) in [5.74, 6) is 0.402. The van der Waals surface area contributed by atoms with Crippen LogP contribution >= 0.6 is 0 Å². The van der Waals surface area contributed by atoms with Crippen LogP contribution in [0.2, 0.25) is 0 Å². The van der Waals surface area contributed by atoms with Crippen molar-refractivity contribution >= 4 is 54.9 Å². The van der Waals surface area contributed by atoms with Crippen molar-refractivity contribution in [3.8, 4) is 45.4 Å². The number of para-hydroxylation sites is 1. The molecule has 57 heavy (non-hydrogen) atoms. The van der Waals surface area contributed by atoms with Crippen molar-refractivity contribution in [2.45, 2.75) is 53.2 Å². The summed E-state index contributed by atoms with van der Waals surface area (Å²) in [7, 11) is 0. The van der Waals surface area contributed by atoms with Crippen molar-refractivity contribution in [2.75, 3.05) is 0 Å². The molecule has 0 spiro atoms. The molecule has 0 fully saturated rings. The zero-order valence-electron chi connectivity index (χ0n) is 37.9. The summed E-state index contributed by atoms with van der Waals surface area (Å²) >= 11 is 0. The molecule has 0 saturated heterocycles. The van der Waals surface area contributed by atoms with Crippen LogP contribution in [0.15, 0.2) is 136 Å². The fourth-order valence-corrected chi connectivity index (χ4v) is 8.39. The predicted octanol–water partition coefficient (Wildman–Crippen LogP) is 14.6. The third kappa shape index (κ3) is 5.47. The third-order valence-corrected chi connectivity index (χ3v) is 11.2. The van der Waals surface area contributed by atoms with Crippen molar-refractivity contribution in [3.63, 3.8) is 0 Å². The summed E-state index contributed by atoms with van der Waals surface area (Å²) in [6, 6.07) is 42.8. The molecule has 3 heterocycles. The Morgan fingerprint density at radius 1 is 0.614 bits per heavy atom. The zero-order chi connectivity index (χ0) is 44.1. The van der Waals surface area contributed by atoms with Crippen LogP contribution in [0.3, 0.4) is 0 Å². The van der Waals surface area contributed by atoms with Gasteiger partial charge in [0.2, 0.25) is 0 Å². The summed E-state index contributed by atoms with van der Waals surface area (Å²) < 4.78 is 67.3. The SMILES string of the molecule is [2H]C([2H])([2H])c1ccc(-c2nc3cccc(C([2H])([2H])[2H])c3n2-c2c(C(C)C)cc(-c3ccc(-c4ccccc4)cc3)cc2C(C)C)c2oc3cc4c(cc3c12)oc1cc(C#N)ccc14. The number of nitriles is 1. The van der Waals surface area contributed by atoms with Crippen molar-refractivity contribution in [1.29, 1.82) is 5.26 Å². The summed E-state index contributed by atoms with van der Waals surface area (Å²) in [5, 5.41) is 12.0. The van der Waals surface area contributed by atoms with E-state index in [2.05, 4.69) is 82.3 Å². The molecule has 0 radical (unpaired) electrons. The number of furan rings is 2. The second kappa shape index (κ2) is 13.1. The van der Waals surface area contributed by atoms with Crippen molar-refractivity contribution < 1.29 is 17.1 Å². The van der Waals surface area contributed by atoms with Crippen LogP contribution in [-0.2, 0) is 0 Å². The molecule has 0 atom stereocenters. The maximum absolute atomic E-state index is 9.52. The fourth-order valence-electron chi connectivity index (χ4n) is 8.39. The highest BCUT2D eigenvalue weighted by molar-refractivity contribution is 6.17. The molecule has 0 aliphatic heterocycles. The Balaban J connectivity index is 1.28. The molecule has 276 valence electrons. The average molecular weight is 746 g/mol. The van der Waals surface area contributed by atoms with Gasteiger partial charge in [-0.05, 0) is 125 Å². The van der Waals surface area contributed by atoms with Gasteiger partial charge in [-0.2, -0.15) is 5.26 Å². The highest BCUT2D eigenvalue weighted by Gasteiger charge is 2.27. The first kappa shape index (κ1) is 28.5. The standard InChI is InChI=1S/C52H41N3O2/c1-29(2)40-24-37(36-19-17-35(18-20-36)34-12-8-7-9-13-34)25-41(30(3)4)50(40)55-49-32(6)11-10-14-44(49)54-52(55)39-21-15-31(5)48-43-27-46-42(26-47(43)57-51(39)48)38-22-16-33(28-53)23-45(38)56-46/h7-27,29-30H,1-6H3/i5D3,6D3. The summed E-state index contributed by atoms with van der Waals surface area (Å²) in [6.07, 6.45) is 0. The van der Waals surface area contributed by atoms with Crippen LogP contribution in [0.5, 0.6) is 0 Å². The van der Waals surface area contributed by atoms with Crippen LogP contribution in [0.4, 0.5) is 0 Å². The number of rotatable bonds is 6. The van der Waals surface area contributed by atoms with Crippen LogP contribution < -0.4 is 0 Å². The number of fused-ring (bicyclic) bond motifs is 7. The largest absolute Gasteiger partial charge is 0.456 e. The lowest BCUT2D eigenvalue weighted by Crippen LogP contribution is -2.10. The van der Waals surface area contributed by atoms with E-state index in [1.54, 1.807) is 42.5 Å². The Kier molecular flexibility index (Phi) is 6.55. The van der Waals surface area contributed by atoms with Gasteiger partial charge in [-0.3, -0.25) is 4.57 Å². The van der Waals surface area contributed by atoms with Gasteiger partial charge in [0, 0.05) is 29.8 Å². The maximum atomic E-state index is 9.52. The molecule has 0 amide bonds. The summed E-state index contributed by atoms with van der Waals surface area (Å²) in [5.41, 5.74) is 11.1. The van der Waals surface area contributed by atoms with Crippen LogP contribution in [-0.4, -0.2) is 9.55 Å². The molecule has 0 N–H and O–H groups in total. The van der Waals surface area contributed by atoms with E-state index in [1.165, 1.54) is 0 Å². The van der Waals surface area contributed by atoms with Crippen molar-refractivity contribution in [2.24, 2.45) is 0 Å². The molecule has 0 bridgehead atoms. The predicted molar refractivity (Wildman–Crippen MR) is 234 cm³/mol. The molecule has 0 aliphatic carbocycles. The lowest BCUT2D eigenvalue weighted by molar-refractivity contribution is 0.664. The lowest BCUT2D eigenvalue weighted by atomic mass is 9.87. The van der Waals surface area contributed by atoms with Gasteiger partial charge >= 0.3 is 0 Å². The van der Waals surface area contributed by atoms with E-state index in [-0.39, 0.29) is 23.0 Å². The summed E-state index contributed by atoms with van der Waals surface area (Å²) in [4.78, 5) is 5.24. The second-order valence-corrected chi connectivity index (χ2v) is 15.4. The molecule has 10 aromatic rings. The van der Waals surface area contributed by atoms with E-state index in [1.807, 2.05) is 41.0 Å². The minimum Gasteiger partial charge on any atom is -0.456 e. The second-order valence-electron chi connectivity index (χ2n) is 15.4. The van der Waals surface area contributed by atoms with E-state index in [9.17, 15) is 5.26 Å². The molecular formula is C52H41N3O2. The van der Waals surface area contributed by atoms with E-state index >= 15 is 0 Å². The van der Waals surface area contributed by atoms with Crippen LogP contribution in [0.1, 0.15) is 75.6 Å². The van der Waals surface area contributed by atoms with E-state index in [4.69, 9.17) is 22.0 Å². The molecule has 5 nitrogen and oxygen atoms in total. The first-order valence-electron chi connectivity index (χ1n) is 22.2. The molecule has 0 saturated carbocycles. The normalized spacial score (nSPS) is 14.0. The lowest BCUT2D eigenvalue weighted by Gasteiger charge is -2.25. The minimum absolute atomic E-state index is 0.00933. The number of hydrogen-bond donors (Lipinski definition) is 0. The van der Waals surface area contributed by atoms with Gasteiger partial charge in [0.05, 0.1) is 33.9 Å². The van der Waals surface area contributed by atoms with Gasteiger partial charge in [-0.1, -0.05) is 100 Å². The number of aryl methyl sites for hydroxylation is 2. The smallest absolute Gasteiger partial charge is 0.149 e. The molecule has 0 unspecified atom stereocenters. The molecule has 10 rings (SSSR count). The van der Waals surface area contributed by atoms with Gasteiger partial charge in [0.15, 0.2) is 0 Å². The van der Waals surface area contributed by atoms with Gasteiger partial charge < -0.3 is 8.83 Å². The molecule has 3 aromatic heterocycles. The highest BCUT2D eigenvalue weighted by atomic mass is 16.3. The van der Waals surface area contributed by atoms with E-state index < -0.39 is 13.7 Å². The van der Waals surface area contributed by atoms with Gasteiger partial charge in [0.25, 0.3) is 0 Å². The Morgan fingerprint density at radius 3 is 1.98 bits per heavy atom. The minimum atomic E-state index is -2.52. The topological polar surface area (TPSA) is 67.9 Å². The average Bonchev–Trinajstić information content (AvgIpc) is 3.95. The van der Waals surface area contributed by atoms with Crippen LogP contribution in [0.25, 0.3) is 94.2 Å². The molecular weight excluding hydrogens is 699 g/mol. The van der Waals surface area contributed by atoms with Gasteiger partial charge in [-0.15, -0.1) is 0 Å². The first-order valence-corrected chi connectivity index (χ1v) is 19.2. The van der Waals surface area contributed by atoms with Crippen molar-refractivity contribution in [3.05, 3.63) is 155 Å². The molecule has 0 aliphatic rings. The fraction of sp³-hybridized carbons (Fsp3) is 0.154. The Bertz CT molecular complexity index is 3460. The highest BCUT2D eigenvalue weighted by Crippen LogP contribution is 2.45. The Labute approximate surface area is 339 Å². The maximum Gasteiger partial charge on any atom is 0.149 e. The monoisotopic (exact) mass is 745 g/mol. The Hall–Kier alpha value is -6.90. The number of hydrogen-bond acceptors (Lipinski definition) is 4. The number of benzene rings is 7. The zero-order valence-corrected chi connectivity index (χ0v) is 31.9. The summed E-state index contributed by atoms with van der Waals surface area (Å²) in [6.45, 7) is 3.54. The van der Waals surface area contributed by atoms with Gasteiger partial charge in [-0.25, -0.2) is 4.98 Å². The first-order chi connectivity index (χ1) is 30.1. The third-order valence-electron chi connectivity index (χ3n) is 11.2. The van der Waals surface area contributed by atoms with Crippen LogP contribution in [0, 0.1) is 25.0 Å². The number of aromatic nitrogens is 2. The number of nitrogens with zero attached hydrogens (tertiary/aromatic N) is 3. The number of imidazole rings is 1. The van der Waals surface area contributed by atoms with Crippen molar-refractivity contribution in [1.82, 2.24) is 9.55 Å².